The Balaban J connectivity index is 2.34. The Morgan fingerprint density at radius 2 is 1.70 bits per heavy atom. The summed E-state index contributed by atoms with van der Waals surface area (Å²) in [6.07, 6.45) is -1.25. The molecule has 0 unspecified atom stereocenters. The molecule has 1 aliphatic carbocycles. The summed E-state index contributed by atoms with van der Waals surface area (Å²) in [5.74, 6) is -1.11. The molecule has 1 aliphatic heterocycles. The molecule has 2 rings (SSSR count). The van der Waals surface area contributed by atoms with Gasteiger partial charge in [-0.25, -0.2) is 0 Å². The molecule has 0 radical (unpaired) electrons. The predicted octanol–water partition coefficient (Wildman–Crippen LogP) is 1.99. The lowest BCUT2D eigenvalue weighted by atomic mass is 9.76. The molecule has 0 bridgehead atoms. The van der Waals surface area contributed by atoms with Crippen LogP contribution >= 0.6 is 0 Å². The van der Waals surface area contributed by atoms with E-state index in [-0.39, 0.29) is 0 Å². The molecule has 1 saturated heterocycles. The lowest BCUT2D eigenvalue weighted by Gasteiger charge is -2.51. The summed E-state index contributed by atoms with van der Waals surface area (Å²) in [6.45, 7) is 1.32. The van der Waals surface area contributed by atoms with Gasteiger partial charge in [-0.05, 0) is 26.7 Å². The molecule has 0 atom stereocenters. The Bertz CT molecular complexity index is 426. The lowest BCUT2D eigenvalue weighted by molar-refractivity contribution is -0.186. The highest BCUT2D eigenvalue weighted by molar-refractivity contribution is 6.02. The Morgan fingerprint density at radius 3 is 2.20 bits per heavy atom. The second-order valence-electron chi connectivity index (χ2n) is 6.16. The van der Waals surface area contributed by atoms with Gasteiger partial charge in [-0.1, -0.05) is 19.3 Å². The fourth-order valence-corrected chi connectivity index (χ4v) is 3.00. The highest BCUT2D eigenvalue weighted by Crippen LogP contribution is 2.37. The first-order valence-electron chi connectivity index (χ1n) is 6.80. The van der Waals surface area contributed by atoms with Crippen molar-refractivity contribution in [3.8, 4) is 0 Å². The van der Waals surface area contributed by atoms with Gasteiger partial charge in [0.25, 0.3) is 0 Å². The van der Waals surface area contributed by atoms with Gasteiger partial charge in [0.2, 0.25) is 11.8 Å². The number of hydrogen-bond donors (Lipinski definition) is 1. The molecule has 20 heavy (non-hydrogen) atoms. The standard InChI is InChI=1S/C13H19F3N2O2/c1-11(2)9(19)17-12(6-4-3-5-7-12)10(20)18(11)8-13(14,15)16/h3-8H2,1-2H3,(H,17,19). The van der Waals surface area contributed by atoms with Crippen LogP contribution in [-0.4, -0.2) is 40.5 Å². The topological polar surface area (TPSA) is 49.4 Å². The fraction of sp³-hybridized carbons (Fsp3) is 0.846. The second-order valence-corrected chi connectivity index (χ2v) is 6.16. The monoisotopic (exact) mass is 292 g/mol. The van der Waals surface area contributed by atoms with E-state index in [9.17, 15) is 22.8 Å². The summed E-state index contributed by atoms with van der Waals surface area (Å²) in [4.78, 5) is 25.4. The molecule has 1 spiro atoms. The van der Waals surface area contributed by atoms with Crippen LogP contribution in [0.3, 0.4) is 0 Å². The Labute approximate surface area is 115 Å². The van der Waals surface area contributed by atoms with Crippen molar-refractivity contribution in [1.82, 2.24) is 10.2 Å². The van der Waals surface area contributed by atoms with Crippen LogP contribution in [0.4, 0.5) is 13.2 Å². The maximum atomic E-state index is 12.7. The predicted molar refractivity (Wildman–Crippen MR) is 65.8 cm³/mol. The maximum absolute atomic E-state index is 12.7. The fourth-order valence-electron chi connectivity index (χ4n) is 3.00. The maximum Gasteiger partial charge on any atom is 0.406 e. The quantitative estimate of drug-likeness (QED) is 0.803. The van der Waals surface area contributed by atoms with Gasteiger partial charge in [0, 0.05) is 0 Å². The highest BCUT2D eigenvalue weighted by atomic mass is 19.4. The van der Waals surface area contributed by atoms with Crippen LogP contribution < -0.4 is 5.32 Å². The number of carbonyl (C=O) groups excluding carboxylic acids is 2. The van der Waals surface area contributed by atoms with Crippen molar-refractivity contribution in [3.63, 3.8) is 0 Å². The van der Waals surface area contributed by atoms with Gasteiger partial charge in [0.1, 0.15) is 17.6 Å². The Hall–Kier alpha value is -1.27. The van der Waals surface area contributed by atoms with E-state index >= 15 is 0 Å². The van der Waals surface area contributed by atoms with Gasteiger partial charge in [-0.2, -0.15) is 13.2 Å². The number of alkyl halides is 3. The SMILES string of the molecule is CC1(C)C(=O)NC2(CCCCC2)C(=O)N1CC(F)(F)F. The van der Waals surface area contributed by atoms with E-state index in [0.717, 1.165) is 19.3 Å². The molecule has 7 heteroatoms. The molecule has 2 amide bonds. The van der Waals surface area contributed by atoms with Crippen LogP contribution in [-0.2, 0) is 9.59 Å². The number of rotatable bonds is 1. The second kappa shape index (κ2) is 4.63. The number of carbonyl (C=O) groups is 2. The third-order valence-electron chi connectivity index (χ3n) is 4.28. The summed E-state index contributed by atoms with van der Waals surface area (Å²) in [7, 11) is 0. The Morgan fingerprint density at radius 1 is 1.15 bits per heavy atom. The summed E-state index contributed by atoms with van der Waals surface area (Å²) in [5.41, 5.74) is -2.61. The van der Waals surface area contributed by atoms with E-state index in [1.165, 1.54) is 13.8 Å². The van der Waals surface area contributed by atoms with E-state index in [2.05, 4.69) is 5.32 Å². The molecule has 1 heterocycles. The van der Waals surface area contributed by atoms with Gasteiger partial charge < -0.3 is 10.2 Å². The molecular weight excluding hydrogens is 273 g/mol. The first kappa shape index (κ1) is 15.1. The minimum Gasteiger partial charge on any atom is -0.340 e. The van der Waals surface area contributed by atoms with Gasteiger partial charge in [0.05, 0.1) is 0 Å². The zero-order valence-electron chi connectivity index (χ0n) is 11.6. The molecule has 0 aromatic carbocycles. The molecule has 0 aromatic rings. The van der Waals surface area contributed by atoms with Gasteiger partial charge in [0.15, 0.2) is 0 Å². The molecular formula is C13H19F3N2O2. The van der Waals surface area contributed by atoms with E-state index < -0.39 is 35.6 Å². The average Bonchev–Trinajstić information content (AvgIpc) is 2.33. The molecule has 4 nitrogen and oxygen atoms in total. The average molecular weight is 292 g/mol. The van der Waals surface area contributed by atoms with E-state index in [1.807, 2.05) is 0 Å². The number of piperazine rings is 1. The third kappa shape index (κ3) is 2.50. The zero-order chi connectivity index (χ0) is 15.2. The first-order chi connectivity index (χ1) is 9.08. The number of nitrogens with one attached hydrogen (secondary N) is 1. The minimum absolute atomic E-state index is 0.419. The van der Waals surface area contributed by atoms with Crippen LogP contribution in [0.1, 0.15) is 46.0 Å². The van der Waals surface area contributed by atoms with Crippen molar-refractivity contribution in [3.05, 3.63) is 0 Å². The molecule has 2 fully saturated rings. The molecule has 0 aromatic heterocycles. The van der Waals surface area contributed by atoms with Crippen molar-refractivity contribution in [2.45, 2.75) is 63.2 Å². The zero-order valence-corrected chi connectivity index (χ0v) is 11.6. The third-order valence-corrected chi connectivity index (χ3v) is 4.28. The van der Waals surface area contributed by atoms with Crippen molar-refractivity contribution >= 4 is 11.8 Å². The van der Waals surface area contributed by atoms with Crippen LogP contribution in [0, 0.1) is 0 Å². The van der Waals surface area contributed by atoms with Gasteiger partial charge >= 0.3 is 6.18 Å². The summed E-state index contributed by atoms with van der Waals surface area (Å²) < 4.78 is 38.1. The summed E-state index contributed by atoms with van der Waals surface area (Å²) in [6, 6.07) is 0. The van der Waals surface area contributed by atoms with Crippen molar-refractivity contribution in [2.24, 2.45) is 0 Å². The van der Waals surface area contributed by atoms with Gasteiger partial charge in [-0.3, -0.25) is 9.59 Å². The summed E-state index contributed by atoms with van der Waals surface area (Å²) >= 11 is 0. The van der Waals surface area contributed by atoms with Crippen molar-refractivity contribution in [1.29, 1.82) is 0 Å². The number of hydrogen-bond acceptors (Lipinski definition) is 2. The van der Waals surface area contributed by atoms with Crippen LogP contribution in [0.2, 0.25) is 0 Å². The van der Waals surface area contributed by atoms with E-state index in [1.54, 1.807) is 0 Å². The Kier molecular flexibility index (Phi) is 3.50. The smallest absolute Gasteiger partial charge is 0.340 e. The van der Waals surface area contributed by atoms with Crippen LogP contribution in [0.5, 0.6) is 0 Å². The van der Waals surface area contributed by atoms with Crippen molar-refractivity contribution in [2.75, 3.05) is 6.54 Å². The van der Waals surface area contributed by atoms with Crippen LogP contribution in [0.15, 0.2) is 0 Å². The summed E-state index contributed by atoms with van der Waals surface area (Å²) in [5, 5.41) is 2.69. The molecule has 2 aliphatic rings. The largest absolute Gasteiger partial charge is 0.406 e. The number of nitrogens with zero attached hydrogens (tertiary/aromatic N) is 1. The number of amides is 2. The van der Waals surface area contributed by atoms with E-state index in [0.29, 0.717) is 17.7 Å². The first-order valence-corrected chi connectivity index (χ1v) is 6.80. The van der Waals surface area contributed by atoms with E-state index in [4.69, 9.17) is 0 Å². The van der Waals surface area contributed by atoms with Crippen LogP contribution in [0.25, 0.3) is 0 Å². The molecule has 114 valence electrons. The molecule has 1 saturated carbocycles. The van der Waals surface area contributed by atoms with Crippen molar-refractivity contribution < 1.29 is 22.8 Å². The minimum atomic E-state index is -4.51. The lowest BCUT2D eigenvalue weighted by Crippen LogP contribution is -2.75. The number of halogens is 3. The highest BCUT2D eigenvalue weighted by Gasteiger charge is 2.56. The normalized spacial score (nSPS) is 25.8. The molecule has 1 N–H and O–H groups in total. The van der Waals surface area contributed by atoms with Gasteiger partial charge in [-0.15, -0.1) is 0 Å².